The van der Waals surface area contributed by atoms with Crippen LogP contribution in [0.25, 0.3) is 0 Å². The fourth-order valence-corrected chi connectivity index (χ4v) is 5.21. The minimum atomic E-state index is -3.93. The average Bonchev–Trinajstić information content (AvgIpc) is 2.82. The number of nitrogens with zero attached hydrogens (tertiary/aromatic N) is 1. The summed E-state index contributed by atoms with van der Waals surface area (Å²) in [4.78, 5) is 13.0. The van der Waals surface area contributed by atoms with Crippen molar-refractivity contribution < 1.29 is 17.9 Å². The molecule has 0 aliphatic rings. The lowest BCUT2D eigenvalue weighted by molar-refractivity contribution is -0.119. The highest BCUT2D eigenvalue weighted by molar-refractivity contribution is 7.92. The SMILES string of the molecule is COc1ccccc1CCCNC(=O)CN(c1cc(C)ccc1C)S(=O)(=O)c1ccc(C)cc1. The third-order valence-corrected chi connectivity index (χ3v) is 7.44. The summed E-state index contributed by atoms with van der Waals surface area (Å²) in [6.07, 6.45) is 1.45. The molecule has 1 N–H and O–H groups in total. The number of para-hydroxylation sites is 1. The number of hydrogen-bond acceptors (Lipinski definition) is 4. The van der Waals surface area contributed by atoms with E-state index in [2.05, 4.69) is 5.32 Å². The zero-order valence-corrected chi connectivity index (χ0v) is 21.0. The molecule has 180 valence electrons. The van der Waals surface area contributed by atoms with Gasteiger partial charge in [0.05, 0.1) is 17.7 Å². The molecule has 3 rings (SSSR count). The highest BCUT2D eigenvalue weighted by Crippen LogP contribution is 2.28. The number of ether oxygens (including phenoxy) is 1. The predicted molar refractivity (Wildman–Crippen MR) is 136 cm³/mol. The number of rotatable bonds is 10. The summed E-state index contributed by atoms with van der Waals surface area (Å²) in [5, 5.41) is 2.87. The molecule has 0 radical (unpaired) electrons. The second-order valence-electron chi connectivity index (χ2n) is 8.38. The van der Waals surface area contributed by atoms with Crippen molar-refractivity contribution in [2.45, 2.75) is 38.5 Å². The smallest absolute Gasteiger partial charge is 0.264 e. The van der Waals surface area contributed by atoms with Crippen LogP contribution in [0.2, 0.25) is 0 Å². The first-order valence-electron chi connectivity index (χ1n) is 11.3. The summed E-state index contributed by atoms with van der Waals surface area (Å²) in [5.41, 5.74) is 4.24. The molecule has 0 saturated carbocycles. The molecule has 0 unspecified atom stereocenters. The molecule has 0 aliphatic carbocycles. The number of methoxy groups -OCH3 is 1. The number of carbonyl (C=O) groups excluding carboxylic acids is 1. The molecule has 0 bridgehead atoms. The summed E-state index contributed by atoms with van der Waals surface area (Å²) in [6, 6.07) is 20.0. The van der Waals surface area contributed by atoms with E-state index in [9.17, 15) is 13.2 Å². The topological polar surface area (TPSA) is 75.7 Å². The summed E-state index contributed by atoms with van der Waals surface area (Å²) < 4.78 is 33.7. The molecule has 0 atom stereocenters. The first kappa shape index (κ1) is 25.3. The van der Waals surface area contributed by atoms with E-state index < -0.39 is 10.0 Å². The Morgan fingerprint density at radius 3 is 2.32 bits per heavy atom. The second-order valence-corrected chi connectivity index (χ2v) is 10.2. The zero-order valence-electron chi connectivity index (χ0n) is 20.2. The molecule has 0 heterocycles. The molecule has 0 aromatic heterocycles. The van der Waals surface area contributed by atoms with Crippen LogP contribution in [0.4, 0.5) is 5.69 Å². The molecule has 3 aromatic rings. The van der Waals surface area contributed by atoms with Gasteiger partial charge in [-0.15, -0.1) is 0 Å². The molecule has 0 spiro atoms. The standard InChI is InChI=1S/C27H32N2O4S/c1-20-12-15-24(16-13-20)34(31,32)29(25-18-21(2)11-14-22(25)3)19-27(30)28-17-7-9-23-8-5-6-10-26(23)33-4/h5-6,8,10-16,18H,7,9,17,19H2,1-4H3,(H,28,30). The number of amides is 1. The number of hydrogen-bond donors (Lipinski definition) is 1. The summed E-state index contributed by atoms with van der Waals surface area (Å²) in [7, 11) is -2.30. The zero-order chi connectivity index (χ0) is 24.7. The summed E-state index contributed by atoms with van der Waals surface area (Å²) >= 11 is 0. The Morgan fingerprint density at radius 1 is 0.941 bits per heavy atom. The first-order valence-corrected chi connectivity index (χ1v) is 12.7. The van der Waals surface area contributed by atoms with Gasteiger partial charge in [0.2, 0.25) is 5.91 Å². The van der Waals surface area contributed by atoms with Gasteiger partial charge in [0, 0.05) is 6.54 Å². The van der Waals surface area contributed by atoms with Gasteiger partial charge in [-0.2, -0.15) is 0 Å². The van der Waals surface area contributed by atoms with E-state index in [0.29, 0.717) is 18.7 Å². The van der Waals surface area contributed by atoms with Crippen LogP contribution in [0.3, 0.4) is 0 Å². The van der Waals surface area contributed by atoms with Crippen LogP contribution in [0.1, 0.15) is 28.7 Å². The van der Waals surface area contributed by atoms with Gasteiger partial charge in [-0.1, -0.05) is 48.0 Å². The van der Waals surface area contributed by atoms with Gasteiger partial charge < -0.3 is 10.1 Å². The van der Waals surface area contributed by atoms with Gasteiger partial charge in [-0.3, -0.25) is 9.10 Å². The maximum absolute atomic E-state index is 13.6. The molecule has 6 nitrogen and oxygen atoms in total. The Balaban J connectivity index is 1.75. The number of nitrogens with one attached hydrogen (secondary N) is 1. The maximum atomic E-state index is 13.6. The maximum Gasteiger partial charge on any atom is 0.264 e. The molecule has 0 aliphatic heterocycles. The van der Waals surface area contributed by atoms with Gasteiger partial charge in [-0.25, -0.2) is 8.42 Å². The van der Waals surface area contributed by atoms with E-state index in [1.807, 2.05) is 57.2 Å². The molecular formula is C27H32N2O4S. The number of anilines is 1. The van der Waals surface area contributed by atoms with Gasteiger partial charge in [0.1, 0.15) is 12.3 Å². The highest BCUT2D eigenvalue weighted by atomic mass is 32.2. The Bertz CT molecular complexity index is 1240. The van der Waals surface area contributed by atoms with Crippen LogP contribution in [-0.4, -0.2) is 34.5 Å². The van der Waals surface area contributed by atoms with Crippen LogP contribution in [0, 0.1) is 20.8 Å². The molecule has 3 aromatic carbocycles. The third kappa shape index (κ3) is 6.17. The van der Waals surface area contributed by atoms with E-state index in [-0.39, 0.29) is 17.3 Å². The van der Waals surface area contributed by atoms with Crippen molar-refractivity contribution in [1.82, 2.24) is 5.32 Å². The number of aryl methyl sites for hydroxylation is 4. The van der Waals surface area contributed by atoms with Crippen LogP contribution in [0.5, 0.6) is 5.75 Å². The van der Waals surface area contributed by atoms with Crippen molar-refractivity contribution in [3.63, 3.8) is 0 Å². The van der Waals surface area contributed by atoms with E-state index in [0.717, 1.165) is 34.4 Å². The Hall–Kier alpha value is -3.32. The van der Waals surface area contributed by atoms with Gasteiger partial charge in [-0.05, 0) is 74.6 Å². The highest BCUT2D eigenvalue weighted by Gasteiger charge is 2.28. The Labute approximate surface area is 202 Å². The van der Waals surface area contributed by atoms with Crippen molar-refractivity contribution in [2.75, 3.05) is 24.5 Å². The van der Waals surface area contributed by atoms with E-state index in [4.69, 9.17) is 4.74 Å². The van der Waals surface area contributed by atoms with Crippen molar-refractivity contribution in [1.29, 1.82) is 0 Å². The number of carbonyl (C=O) groups is 1. The largest absolute Gasteiger partial charge is 0.496 e. The summed E-state index contributed by atoms with van der Waals surface area (Å²) in [5.74, 6) is 0.468. The van der Waals surface area contributed by atoms with E-state index >= 15 is 0 Å². The molecule has 7 heteroatoms. The van der Waals surface area contributed by atoms with Gasteiger partial charge in [0.25, 0.3) is 10.0 Å². The lowest BCUT2D eigenvalue weighted by Gasteiger charge is -2.26. The lowest BCUT2D eigenvalue weighted by atomic mass is 10.1. The molecule has 0 fully saturated rings. The third-order valence-electron chi connectivity index (χ3n) is 5.67. The fraction of sp³-hybridized carbons (Fsp3) is 0.296. The Kier molecular flexibility index (Phi) is 8.34. The van der Waals surface area contributed by atoms with Crippen molar-refractivity contribution >= 4 is 21.6 Å². The van der Waals surface area contributed by atoms with Crippen LogP contribution >= 0.6 is 0 Å². The molecular weight excluding hydrogens is 448 g/mol. The summed E-state index contributed by atoms with van der Waals surface area (Å²) in [6.45, 7) is 5.78. The van der Waals surface area contributed by atoms with Crippen molar-refractivity contribution in [3.05, 3.63) is 89.0 Å². The normalized spacial score (nSPS) is 11.2. The van der Waals surface area contributed by atoms with E-state index in [1.165, 1.54) is 4.31 Å². The molecule has 34 heavy (non-hydrogen) atoms. The Morgan fingerprint density at radius 2 is 1.62 bits per heavy atom. The van der Waals surface area contributed by atoms with Crippen molar-refractivity contribution in [2.24, 2.45) is 0 Å². The predicted octanol–water partition coefficient (Wildman–Crippen LogP) is 4.56. The quantitative estimate of drug-likeness (QED) is 0.432. The molecule has 0 saturated heterocycles. The second kappa shape index (κ2) is 11.2. The first-order chi connectivity index (χ1) is 16.2. The van der Waals surface area contributed by atoms with Crippen LogP contribution < -0.4 is 14.4 Å². The van der Waals surface area contributed by atoms with E-state index in [1.54, 1.807) is 37.4 Å². The van der Waals surface area contributed by atoms with Crippen LogP contribution in [0.15, 0.2) is 71.6 Å². The minimum absolute atomic E-state index is 0.156. The number of benzene rings is 3. The van der Waals surface area contributed by atoms with Gasteiger partial charge >= 0.3 is 0 Å². The average molecular weight is 481 g/mol. The van der Waals surface area contributed by atoms with Crippen LogP contribution in [-0.2, 0) is 21.2 Å². The van der Waals surface area contributed by atoms with Crippen molar-refractivity contribution in [3.8, 4) is 5.75 Å². The van der Waals surface area contributed by atoms with Gasteiger partial charge in [0.15, 0.2) is 0 Å². The lowest BCUT2D eigenvalue weighted by Crippen LogP contribution is -2.41. The monoisotopic (exact) mass is 480 g/mol. The molecule has 1 amide bonds. The number of sulfonamides is 1. The fourth-order valence-electron chi connectivity index (χ4n) is 3.73. The minimum Gasteiger partial charge on any atom is -0.496 e.